The minimum absolute atomic E-state index is 0.169. The van der Waals surface area contributed by atoms with E-state index in [1.54, 1.807) is 0 Å². The third-order valence-corrected chi connectivity index (χ3v) is 3.73. The Labute approximate surface area is 123 Å². The van der Waals surface area contributed by atoms with Gasteiger partial charge in [-0.25, -0.2) is 4.98 Å². The fourth-order valence-electron chi connectivity index (χ4n) is 2.53. The van der Waals surface area contributed by atoms with Gasteiger partial charge in [0.15, 0.2) is 0 Å². The number of anilines is 1. The van der Waals surface area contributed by atoms with Gasteiger partial charge in [-0.2, -0.15) is 0 Å². The highest BCUT2D eigenvalue weighted by Gasteiger charge is 2.12. The van der Waals surface area contributed by atoms with Crippen molar-refractivity contribution in [2.75, 3.05) is 12.3 Å². The van der Waals surface area contributed by atoms with Crippen molar-refractivity contribution < 1.29 is 5.11 Å². The van der Waals surface area contributed by atoms with Crippen LogP contribution in [0.25, 0.3) is 22.4 Å². The van der Waals surface area contributed by atoms with Gasteiger partial charge >= 0.3 is 0 Å². The number of benzene rings is 2. The summed E-state index contributed by atoms with van der Waals surface area (Å²) in [5, 5.41) is 9.13. The minimum atomic E-state index is 0.169. The molecular weight excluding hydrogens is 262 g/mol. The number of hydrogen-bond acceptors (Lipinski definition) is 3. The Kier molecular flexibility index (Phi) is 3.62. The summed E-state index contributed by atoms with van der Waals surface area (Å²) in [4.78, 5) is 4.73. The summed E-state index contributed by atoms with van der Waals surface area (Å²) in [6, 6.07) is 14.1. The zero-order valence-electron chi connectivity index (χ0n) is 12.1. The summed E-state index contributed by atoms with van der Waals surface area (Å²) in [5.74, 6) is 0.899. The van der Waals surface area contributed by atoms with Gasteiger partial charge < -0.3 is 15.4 Å². The Morgan fingerprint density at radius 1 is 1.19 bits per heavy atom. The van der Waals surface area contributed by atoms with Crippen LogP contribution in [-0.2, 0) is 6.54 Å². The molecule has 0 spiro atoms. The SMILES string of the molecule is Cc1ccc(-c2nc3ccccc3n2CCCO)cc1N. The zero-order chi connectivity index (χ0) is 14.8. The van der Waals surface area contributed by atoms with Crippen LogP contribution >= 0.6 is 0 Å². The molecule has 0 saturated carbocycles. The first-order valence-corrected chi connectivity index (χ1v) is 7.13. The molecule has 0 amide bonds. The Morgan fingerprint density at radius 3 is 2.76 bits per heavy atom. The number of nitrogen functional groups attached to an aromatic ring is 1. The molecule has 4 nitrogen and oxygen atoms in total. The fourth-order valence-corrected chi connectivity index (χ4v) is 2.53. The molecule has 0 radical (unpaired) electrons. The van der Waals surface area contributed by atoms with Crippen molar-refractivity contribution in [3.05, 3.63) is 48.0 Å². The lowest BCUT2D eigenvalue weighted by atomic mass is 10.1. The van der Waals surface area contributed by atoms with E-state index in [0.29, 0.717) is 6.42 Å². The minimum Gasteiger partial charge on any atom is -0.398 e. The van der Waals surface area contributed by atoms with Gasteiger partial charge in [-0.1, -0.05) is 24.3 Å². The topological polar surface area (TPSA) is 64.1 Å². The van der Waals surface area contributed by atoms with Crippen LogP contribution < -0.4 is 5.73 Å². The standard InChI is InChI=1S/C17H19N3O/c1-12-7-8-13(11-14(12)18)17-19-15-5-2-3-6-16(15)20(17)9-4-10-21/h2-3,5-8,11,21H,4,9-10,18H2,1H3. The van der Waals surface area contributed by atoms with E-state index >= 15 is 0 Å². The number of hydrogen-bond donors (Lipinski definition) is 2. The number of imidazole rings is 1. The number of aryl methyl sites for hydroxylation is 2. The third kappa shape index (κ3) is 2.50. The van der Waals surface area contributed by atoms with Crippen LogP contribution in [0.5, 0.6) is 0 Å². The van der Waals surface area contributed by atoms with Crippen LogP contribution in [-0.4, -0.2) is 21.3 Å². The van der Waals surface area contributed by atoms with E-state index in [-0.39, 0.29) is 6.61 Å². The Hall–Kier alpha value is -2.33. The van der Waals surface area contributed by atoms with Crippen molar-refractivity contribution in [1.82, 2.24) is 9.55 Å². The molecule has 108 valence electrons. The van der Waals surface area contributed by atoms with E-state index in [1.165, 1.54) is 0 Å². The number of fused-ring (bicyclic) bond motifs is 1. The van der Waals surface area contributed by atoms with Gasteiger partial charge in [0.2, 0.25) is 0 Å². The van der Waals surface area contributed by atoms with Gasteiger partial charge in [-0.05, 0) is 37.1 Å². The maximum atomic E-state index is 9.13. The summed E-state index contributed by atoms with van der Waals surface area (Å²) in [7, 11) is 0. The highest BCUT2D eigenvalue weighted by Crippen LogP contribution is 2.27. The second-order valence-electron chi connectivity index (χ2n) is 5.22. The molecule has 0 fully saturated rings. The maximum absolute atomic E-state index is 9.13. The second kappa shape index (κ2) is 5.58. The molecule has 0 saturated heterocycles. The second-order valence-corrected chi connectivity index (χ2v) is 5.22. The van der Waals surface area contributed by atoms with Crippen LogP contribution in [0.4, 0.5) is 5.69 Å². The molecule has 1 aromatic heterocycles. The van der Waals surface area contributed by atoms with E-state index < -0.39 is 0 Å². The summed E-state index contributed by atoms with van der Waals surface area (Å²) in [6.45, 7) is 2.90. The third-order valence-electron chi connectivity index (χ3n) is 3.73. The van der Waals surface area contributed by atoms with Gasteiger partial charge in [0.1, 0.15) is 5.82 Å². The summed E-state index contributed by atoms with van der Waals surface area (Å²) in [5.41, 5.74) is 10.9. The van der Waals surface area contributed by atoms with Crippen LogP contribution in [0.2, 0.25) is 0 Å². The van der Waals surface area contributed by atoms with Crippen molar-refractivity contribution in [3.8, 4) is 11.4 Å². The molecule has 3 rings (SSSR count). The molecule has 4 heteroatoms. The van der Waals surface area contributed by atoms with Crippen LogP contribution in [0.3, 0.4) is 0 Å². The molecule has 2 aromatic carbocycles. The monoisotopic (exact) mass is 281 g/mol. The number of aliphatic hydroxyl groups excluding tert-OH is 1. The van der Waals surface area contributed by atoms with Crippen molar-refractivity contribution >= 4 is 16.7 Å². The molecule has 0 unspecified atom stereocenters. The molecule has 0 aliphatic carbocycles. The molecule has 0 bridgehead atoms. The Morgan fingerprint density at radius 2 is 2.00 bits per heavy atom. The summed E-state index contributed by atoms with van der Waals surface area (Å²) in [6.07, 6.45) is 0.703. The first-order valence-electron chi connectivity index (χ1n) is 7.13. The fraction of sp³-hybridized carbons (Fsp3) is 0.235. The highest BCUT2D eigenvalue weighted by molar-refractivity contribution is 5.81. The van der Waals surface area contributed by atoms with Gasteiger partial charge in [-0.3, -0.25) is 0 Å². The first-order chi connectivity index (χ1) is 10.2. The quantitative estimate of drug-likeness (QED) is 0.723. The lowest BCUT2D eigenvalue weighted by molar-refractivity contribution is 0.281. The van der Waals surface area contributed by atoms with Crippen molar-refractivity contribution in [3.63, 3.8) is 0 Å². The summed E-state index contributed by atoms with van der Waals surface area (Å²) < 4.78 is 2.15. The molecule has 21 heavy (non-hydrogen) atoms. The summed E-state index contributed by atoms with van der Waals surface area (Å²) >= 11 is 0. The van der Waals surface area contributed by atoms with Gasteiger partial charge in [0.05, 0.1) is 11.0 Å². The first kappa shape index (κ1) is 13.6. The number of nitrogens with zero attached hydrogens (tertiary/aromatic N) is 2. The van der Waals surface area contributed by atoms with Crippen LogP contribution in [0, 0.1) is 6.92 Å². The van der Waals surface area contributed by atoms with E-state index in [9.17, 15) is 0 Å². The van der Waals surface area contributed by atoms with E-state index in [4.69, 9.17) is 15.8 Å². The Bertz CT molecular complexity index is 777. The van der Waals surface area contributed by atoms with E-state index in [1.807, 2.05) is 43.3 Å². The van der Waals surface area contributed by atoms with Crippen molar-refractivity contribution in [2.24, 2.45) is 0 Å². The average Bonchev–Trinajstić information content (AvgIpc) is 2.86. The van der Waals surface area contributed by atoms with Crippen molar-refractivity contribution in [1.29, 1.82) is 0 Å². The van der Waals surface area contributed by atoms with Gasteiger partial charge in [0.25, 0.3) is 0 Å². The number of nitrogens with two attached hydrogens (primary N) is 1. The zero-order valence-corrected chi connectivity index (χ0v) is 12.1. The van der Waals surface area contributed by atoms with Gasteiger partial charge in [0, 0.05) is 24.4 Å². The van der Waals surface area contributed by atoms with Crippen LogP contribution in [0.1, 0.15) is 12.0 Å². The number of aliphatic hydroxyl groups is 1. The maximum Gasteiger partial charge on any atom is 0.141 e. The number of aromatic nitrogens is 2. The normalized spacial score (nSPS) is 11.1. The molecule has 1 heterocycles. The van der Waals surface area contributed by atoms with E-state index in [2.05, 4.69) is 10.6 Å². The Balaban J connectivity index is 2.17. The lowest BCUT2D eigenvalue weighted by Crippen LogP contribution is -2.03. The largest absolute Gasteiger partial charge is 0.398 e. The molecule has 3 N–H and O–H groups in total. The predicted octanol–water partition coefficient (Wildman–Crippen LogP) is 2.98. The molecular formula is C17H19N3O. The average molecular weight is 281 g/mol. The number of para-hydroxylation sites is 2. The predicted molar refractivity (Wildman–Crippen MR) is 86.0 cm³/mol. The number of rotatable bonds is 4. The molecule has 0 aliphatic rings. The smallest absolute Gasteiger partial charge is 0.141 e. The molecule has 3 aromatic rings. The van der Waals surface area contributed by atoms with Gasteiger partial charge in [-0.15, -0.1) is 0 Å². The van der Waals surface area contributed by atoms with Crippen LogP contribution in [0.15, 0.2) is 42.5 Å². The lowest BCUT2D eigenvalue weighted by Gasteiger charge is -2.09. The van der Waals surface area contributed by atoms with Crippen molar-refractivity contribution in [2.45, 2.75) is 19.9 Å². The molecule has 0 atom stereocenters. The molecule has 0 aliphatic heterocycles. The highest BCUT2D eigenvalue weighted by atomic mass is 16.3. The van der Waals surface area contributed by atoms with E-state index in [0.717, 1.165) is 40.2 Å².